The Balaban J connectivity index is 1.58. The highest BCUT2D eigenvalue weighted by atomic mass is 32.1. The van der Waals surface area contributed by atoms with Gasteiger partial charge in [0, 0.05) is 31.4 Å². The molecule has 2 aliphatic rings. The van der Waals surface area contributed by atoms with Crippen LogP contribution in [0.2, 0.25) is 0 Å². The molecule has 4 nitrogen and oxygen atoms in total. The molecule has 0 aromatic carbocycles. The molecule has 2 fully saturated rings. The van der Waals surface area contributed by atoms with Gasteiger partial charge in [-0.1, -0.05) is 0 Å². The number of likely N-dealkylation sites (tertiary alicyclic amines) is 1. The molecule has 5 heteroatoms. The van der Waals surface area contributed by atoms with Crippen molar-refractivity contribution >= 4 is 11.3 Å². The molecule has 2 saturated heterocycles. The first-order valence-electron chi connectivity index (χ1n) is 6.34. The summed E-state index contributed by atoms with van der Waals surface area (Å²) in [6.07, 6.45) is 4.30. The van der Waals surface area contributed by atoms with Crippen LogP contribution in [0.25, 0.3) is 0 Å². The van der Waals surface area contributed by atoms with Gasteiger partial charge in [0.05, 0.1) is 22.9 Å². The van der Waals surface area contributed by atoms with Crippen LogP contribution in [0.5, 0.6) is 0 Å². The Morgan fingerprint density at radius 2 is 2.18 bits per heavy atom. The fourth-order valence-corrected chi connectivity index (χ4v) is 3.52. The second-order valence-electron chi connectivity index (χ2n) is 4.92. The molecule has 94 valence electrons. The lowest BCUT2D eigenvalue weighted by molar-refractivity contribution is -0.0413. The van der Waals surface area contributed by atoms with E-state index in [9.17, 15) is 0 Å². The van der Waals surface area contributed by atoms with Gasteiger partial charge in [0.15, 0.2) is 0 Å². The predicted molar refractivity (Wildman–Crippen MR) is 68.0 cm³/mol. The van der Waals surface area contributed by atoms with Crippen LogP contribution in [0.4, 0.5) is 0 Å². The lowest BCUT2D eigenvalue weighted by Crippen LogP contribution is -2.42. The number of aromatic nitrogens is 1. The first-order chi connectivity index (χ1) is 8.33. The van der Waals surface area contributed by atoms with Gasteiger partial charge in [-0.3, -0.25) is 4.90 Å². The molecule has 3 heterocycles. The smallest absolute Gasteiger partial charge is 0.0941 e. The predicted octanol–water partition coefficient (Wildman–Crippen LogP) is 1.01. The van der Waals surface area contributed by atoms with Gasteiger partial charge in [-0.05, 0) is 19.4 Å². The van der Waals surface area contributed by atoms with E-state index in [0.717, 1.165) is 26.1 Å². The zero-order chi connectivity index (χ0) is 11.7. The Morgan fingerprint density at radius 3 is 2.88 bits per heavy atom. The van der Waals surface area contributed by atoms with Crippen molar-refractivity contribution < 1.29 is 4.74 Å². The van der Waals surface area contributed by atoms with Gasteiger partial charge in [0.25, 0.3) is 0 Å². The number of ether oxygens (including phenoxy) is 1. The minimum absolute atomic E-state index is 0.468. The van der Waals surface area contributed by atoms with Crippen LogP contribution < -0.4 is 5.73 Å². The van der Waals surface area contributed by atoms with Crippen LogP contribution in [0.3, 0.4) is 0 Å². The molecule has 1 aromatic rings. The molecule has 0 radical (unpaired) electrons. The highest BCUT2D eigenvalue weighted by Gasteiger charge is 2.33. The summed E-state index contributed by atoms with van der Waals surface area (Å²) >= 11 is 1.73. The largest absolute Gasteiger partial charge is 0.372 e. The van der Waals surface area contributed by atoms with Crippen molar-refractivity contribution in [3.63, 3.8) is 0 Å². The van der Waals surface area contributed by atoms with E-state index in [1.54, 1.807) is 11.3 Å². The van der Waals surface area contributed by atoms with Crippen molar-refractivity contribution in [3.8, 4) is 0 Å². The molecule has 0 saturated carbocycles. The van der Waals surface area contributed by atoms with E-state index in [0.29, 0.717) is 18.8 Å². The van der Waals surface area contributed by atoms with Crippen molar-refractivity contribution in [3.05, 3.63) is 16.1 Å². The Kier molecular flexibility index (Phi) is 3.42. The van der Waals surface area contributed by atoms with E-state index in [1.165, 1.54) is 23.5 Å². The topological polar surface area (TPSA) is 51.4 Å². The maximum atomic E-state index is 5.83. The number of morpholine rings is 1. The zero-order valence-electron chi connectivity index (χ0n) is 9.97. The van der Waals surface area contributed by atoms with E-state index in [1.807, 2.05) is 0 Å². The Labute approximate surface area is 106 Å². The molecule has 2 atom stereocenters. The number of nitrogens with zero attached hydrogens (tertiary/aromatic N) is 2. The number of rotatable bonds is 4. The third-order valence-corrected chi connectivity index (χ3v) is 4.42. The second-order valence-corrected chi connectivity index (χ2v) is 5.87. The Bertz CT molecular complexity index is 370. The summed E-state index contributed by atoms with van der Waals surface area (Å²) < 4.78 is 5.83. The molecule has 0 aliphatic carbocycles. The Morgan fingerprint density at radius 1 is 1.41 bits per heavy atom. The highest BCUT2D eigenvalue weighted by Crippen LogP contribution is 2.27. The molecule has 0 amide bonds. The normalized spacial score (nSPS) is 28.8. The van der Waals surface area contributed by atoms with Crippen molar-refractivity contribution in [2.24, 2.45) is 5.73 Å². The number of hydrogen-bond donors (Lipinski definition) is 1. The highest BCUT2D eigenvalue weighted by molar-refractivity contribution is 7.09. The van der Waals surface area contributed by atoms with Crippen LogP contribution in [-0.2, 0) is 17.7 Å². The summed E-state index contributed by atoms with van der Waals surface area (Å²) in [5.74, 6) is 0. The molecular weight excluding hydrogens is 234 g/mol. The van der Waals surface area contributed by atoms with E-state index in [2.05, 4.69) is 15.3 Å². The standard InChI is InChI=1S/C12H19N3OS/c13-4-3-12-14-9(8-17-12)5-15-6-10-1-2-11(7-15)16-10/h8,10-11H,1-7,13H2. The summed E-state index contributed by atoms with van der Waals surface area (Å²) in [5, 5.41) is 3.33. The van der Waals surface area contributed by atoms with Crippen LogP contribution >= 0.6 is 11.3 Å². The van der Waals surface area contributed by atoms with Crippen LogP contribution in [-0.4, -0.2) is 41.7 Å². The van der Waals surface area contributed by atoms with Crippen LogP contribution in [0, 0.1) is 0 Å². The van der Waals surface area contributed by atoms with Gasteiger partial charge in [0.1, 0.15) is 0 Å². The summed E-state index contributed by atoms with van der Waals surface area (Å²) in [6, 6.07) is 0. The average Bonchev–Trinajstić information content (AvgIpc) is 2.87. The van der Waals surface area contributed by atoms with Gasteiger partial charge in [0.2, 0.25) is 0 Å². The summed E-state index contributed by atoms with van der Waals surface area (Å²) in [6.45, 7) is 3.80. The molecule has 1 aromatic heterocycles. The van der Waals surface area contributed by atoms with Gasteiger partial charge in [-0.15, -0.1) is 11.3 Å². The summed E-state index contributed by atoms with van der Waals surface area (Å²) in [4.78, 5) is 7.10. The number of fused-ring (bicyclic) bond motifs is 2. The molecule has 2 bridgehead atoms. The van der Waals surface area contributed by atoms with Gasteiger partial charge in [-0.2, -0.15) is 0 Å². The molecule has 0 spiro atoms. The molecule has 2 N–H and O–H groups in total. The first-order valence-corrected chi connectivity index (χ1v) is 7.22. The quantitative estimate of drug-likeness (QED) is 0.870. The summed E-state index contributed by atoms with van der Waals surface area (Å²) in [7, 11) is 0. The molecular formula is C12H19N3OS. The number of hydrogen-bond acceptors (Lipinski definition) is 5. The molecule has 2 aliphatic heterocycles. The fraction of sp³-hybridized carbons (Fsp3) is 0.750. The minimum Gasteiger partial charge on any atom is -0.372 e. The number of thiazole rings is 1. The van der Waals surface area contributed by atoms with E-state index >= 15 is 0 Å². The van der Waals surface area contributed by atoms with Crippen LogP contribution in [0.15, 0.2) is 5.38 Å². The van der Waals surface area contributed by atoms with E-state index in [4.69, 9.17) is 10.5 Å². The van der Waals surface area contributed by atoms with Gasteiger partial charge < -0.3 is 10.5 Å². The van der Waals surface area contributed by atoms with Gasteiger partial charge >= 0.3 is 0 Å². The lowest BCUT2D eigenvalue weighted by atomic mass is 10.2. The maximum Gasteiger partial charge on any atom is 0.0941 e. The minimum atomic E-state index is 0.468. The number of nitrogens with two attached hydrogens (primary N) is 1. The second kappa shape index (κ2) is 5.02. The van der Waals surface area contributed by atoms with E-state index < -0.39 is 0 Å². The SMILES string of the molecule is NCCc1nc(CN2CC3CCC(C2)O3)cs1. The fourth-order valence-electron chi connectivity index (χ4n) is 2.72. The monoisotopic (exact) mass is 253 g/mol. The first kappa shape index (κ1) is 11.6. The third-order valence-electron chi connectivity index (χ3n) is 3.46. The maximum absolute atomic E-state index is 5.83. The third kappa shape index (κ3) is 2.68. The molecule has 3 rings (SSSR count). The van der Waals surface area contributed by atoms with Crippen molar-refractivity contribution in [1.82, 2.24) is 9.88 Å². The summed E-state index contributed by atoms with van der Waals surface area (Å²) in [5.41, 5.74) is 6.73. The van der Waals surface area contributed by atoms with E-state index in [-0.39, 0.29) is 0 Å². The van der Waals surface area contributed by atoms with Crippen molar-refractivity contribution in [2.45, 2.75) is 38.0 Å². The molecule has 2 unspecified atom stereocenters. The zero-order valence-corrected chi connectivity index (χ0v) is 10.8. The van der Waals surface area contributed by atoms with Crippen molar-refractivity contribution in [2.75, 3.05) is 19.6 Å². The van der Waals surface area contributed by atoms with Crippen molar-refractivity contribution in [1.29, 1.82) is 0 Å². The molecule has 17 heavy (non-hydrogen) atoms. The Hall–Kier alpha value is -0.490. The van der Waals surface area contributed by atoms with Gasteiger partial charge in [-0.25, -0.2) is 4.98 Å². The lowest BCUT2D eigenvalue weighted by Gasteiger charge is -2.31. The van der Waals surface area contributed by atoms with Crippen LogP contribution in [0.1, 0.15) is 23.5 Å². The average molecular weight is 253 g/mol.